The van der Waals surface area contributed by atoms with Gasteiger partial charge >= 0.3 is 0 Å². The highest BCUT2D eigenvalue weighted by Crippen LogP contribution is 2.15. The fraction of sp³-hybridized carbons (Fsp3) is 0.364. The molecule has 1 aliphatic rings. The van der Waals surface area contributed by atoms with E-state index < -0.39 is 17.5 Å². The maximum atomic E-state index is 13.5. The van der Waals surface area contributed by atoms with Crippen LogP contribution in [0.2, 0.25) is 0 Å². The van der Waals surface area contributed by atoms with Crippen molar-refractivity contribution in [2.45, 2.75) is 13.3 Å². The van der Waals surface area contributed by atoms with Crippen LogP contribution in [0.3, 0.4) is 0 Å². The molecule has 3 rings (SSSR count). The minimum atomic E-state index is -1.07. The van der Waals surface area contributed by atoms with E-state index in [0.29, 0.717) is 19.8 Å². The second kappa shape index (κ2) is 10.8. The van der Waals surface area contributed by atoms with Crippen LogP contribution in [0.25, 0.3) is 0 Å². The summed E-state index contributed by atoms with van der Waals surface area (Å²) < 4.78 is 32.0. The molecule has 30 heavy (non-hydrogen) atoms. The normalized spacial score (nSPS) is 15.1. The topological polar surface area (TPSA) is 66.0 Å². The van der Waals surface area contributed by atoms with E-state index in [1.807, 2.05) is 31.2 Å². The van der Waals surface area contributed by atoms with Gasteiger partial charge in [0.15, 0.2) is 11.6 Å². The minimum Gasteiger partial charge on any atom is -0.379 e. The molecule has 0 aromatic heterocycles. The number of amides is 1. The monoisotopic (exact) mass is 416 g/mol. The highest BCUT2D eigenvalue weighted by Gasteiger charge is 2.14. The van der Waals surface area contributed by atoms with Crippen LogP contribution in [0.15, 0.2) is 47.5 Å². The fourth-order valence-corrected chi connectivity index (χ4v) is 3.13. The van der Waals surface area contributed by atoms with Gasteiger partial charge in [0.2, 0.25) is 5.96 Å². The van der Waals surface area contributed by atoms with Crippen molar-refractivity contribution in [3.8, 4) is 0 Å². The Morgan fingerprint density at radius 1 is 1.13 bits per heavy atom. The van der Waals surface area contributed by atoms with E-state index in [-0.39, 0.29) is 11.5 Å². The quantitative estimate of drug-likeness (QED) is 0.561. The maximum absolute atomic E-state index is 13.5. The molecule has 0 radical (unpaired) electrons. The molecule has 2 aromatic rings. The Labute approximate surface area is 174 Å². The Morgan fingerprint density at radius 3 is 2.63 bits per heavy atom. The van der Waals surface area contributed by atoms with Gasteiger partial charge in [0.25, 0.3) is 5.91 Å². The van der Waals surface area contributed by atoms with E-state index in [1.54, 1.807) is 0 Å². The second-order valence-electron chi connectivity index (χ2n) is 6.90. The largest absolute Gasteiger partial charge is 0.379 e. The van der Waals surface area contributed by atoms with Crippen molar-refractivity contribution in [2.75, 3.05) is 44.7 Å². The lowest BCUT2D eigenvalue weighted by atomic mass is 10.1. The number of halogens is 2. The van der Waals surface area contributed by atoms with E-state index in [2.05, 4.69) is 20.5 Å². The zero-order valence-electron chi connectivity index (χ0n) is 17.0. The summed E-state index contributed by atoms with van der Waals surface area (Å²) in [5.41, 5.74) is 1.91. The predicted octanol–water partition coefficient (Wildman–Crippen LogP) is 3.06. The van der Waals surface area contributed by atoms with Gasteiger partial charge in [-0.05, 0) is 36.2 Å². The Hall–Kier alpha value is -2.84. The van der Waals surface area contributed by atoms with Crippen LogP contribution < -0.4 is 10.6 Å². The van der Waals surface area contributed by atoms with Gasteiger partial charge in [0, 0.05) is 30.9 Å². The van der Waals surface area contributed by atoms with Gasteiger partial charge in [-0.2, -0.15) is 0 Å². The highest BCUT2D eigenvalue weighted by molar-refractivity contribution is 6.10. The van der Waals surface area contributed by atoms with Crippen LogP contribution in [-0.4, -0.2) is 56.2 Å². The molecule has 0 unspecified atom stereocenters. The zero-order valence-corrected chi connectivity index (χ0v) is 17.0. The summed E-state index contributed by atoms with van der Waals surface area (Å²) >= 11 is 0. The molecule has 0 atom stereocenters. The molecule has 0 saturated carbocycles. The Kier molecular flexibility index (Phi) is 7.87. The van der Waals surface area contributed by atoms with Crippen molar-refractivity contribution in [2.24, 2.45) is 4.99 Å². The van der Waals surface area contributed by atoms with Crippen LogP contribution >= 0.6 is 0 Å². The predicted molar refractivity (Wildman–Crippen MR) is 113 cm³/mol. The molecule has 6 nitrogen and oxygen atoms in total. The van der Waals surface area contributed by atoms with Crippen molar-refractivity contribution in [3.05, 3.63) is 65.2 Å². The first-order valence-electron chi connectivity index (χ1n) is 10.0. The van der Waals surface area contributed by atoms with Crippen LogP contribution in [0.4, 0.5) is 14.5 Å². The third-order valence-corrected chi connectivity index (χ3v) is 4.85. The molecular formula is C22H26F2N4O2. The van der Waals surface area contributed by atoms with Gasteiger partial charge in [0.05, 0.1) is 19.8 Å². The van der Waals surface area contributed by atoms with Crippen molar-refractivity contribution >= 4 is 17.6 Å². The molecule has 2 aromatic carbocycles. The number of nitrogens with zero attached hydrogens (tertiary/aromatic N) is 2. The number of aliphatic imine (C=N–C) groups is 1. The molecular weight excluding hydrogens is 390 g/mol. The summed E-state index contributed by atoms with van der Waals surface area (Å²) in [7, 11) is 0. The van der Waals surface area contributed by atoms with E-state index in [4.69, 9.17) is 4.74 Å². The number of para-hydroxylation sites is 1. The van der Waals surface area contributed by atoms with Crippen molar-refractivity contribution in [3.63, 3.8) is 0 Å². The molecule has 1 amide bonds. The first-order valence-corrected chi connectivity index (χ1v) is 10.0. The smallest absolute Gasteiger partial charge is 0.258 e. The average Bonchev–Trinajstić information content (AvgIpc) is 2.76. The average molecular weight is 416 g/mol. The molecule has 8 heteroatoms. The summed E-state index contributed by atoms with van der Waals surface area (Å²) in [4.78, 5) is 19.3. The van der Waals surface area contributed by atoms with Crippen molar-refractivity contribution < 1.29 is 18.3 Å². The Bertz CT molecular complexity index is 898. The van der Waals surface area contributed by atoms with Crippen molar-refractivity contribution in [1.29, 1.82) is 0 Å². The van der Waals surface area contributed by atoms with Gasteiger partial charge in [-0.25, -0.2) is 8.78 Å². The lowest BCUT2D eigenvalue weighted by molar-refractivity contribution is 0.0394. The molecule has 1 aliphatic heterocycles. The summed E-state index contributed by atoms with van der Waals surface area (Å²) in [6.45, 7) is 6.32. The third kappa shape index (κ3) is 6.08. The number of carbonyl (C=O) groups is 1. The third-order valence-electron chi connectivity index (χ3n) is 4.85. The summed E-state index contributed by atoms with van der Waals surface area (Å²) in [5, 5.41) is 5.86. The molecule has 160 valence electrons. The molecule has 0 spiro atoms. The molecule has 1 saturated heterocycles. The number of hydrogen-bond donors (Lipinski definition) is 2. The number of morpholine rings is 1. The first kappa shape index (κ1) is 21.9. The van der Waals surface area contributed by atoms with E-state index in [1.165, 1.54) is 6.07 Å². The van der Waals surface area contributed by atoms with Gasteiger partial charge in [-0.3, -0.25) is 20.0 Å². The number of hydrogen-bond acceptors (Lipinski definition) is 4. The summed E-state index contributed by atoms with van der Waals surface area (Å²) in [5.74, 6) is -2.38. The summed E-state index contributed by atoms with van der Waals surface area (Å²) in [6.07, 6.45) is 0.807. The van der Waals surface area contributed by atoms with Crippen LogP contribution in [-0.2, 0) is 11.2 Å². The van der Waals surface area contributed by atoms with Gasteiger partial charge in [0.1, 0.15) is 0 Å². The fourth-order valence-electron chi connectivity index (χ4n) is 3.13. The van der Waals surface area contributed by atoms with E-state index in [0.717, 1.165) is 49.4 Å². The number of nitrogens with one attached hydrogen (secondary N) is 2. The lowest BCUT2D eigenvalue weighted by Gasteiger charge is -2.25. The standard InChI is InChI=1S/C22H26F2N4O2/c1-2-16-5-3-4-6-20(16)26-22(25-9-10-28-11-13-30-14-12-28)27-21(29)17-7-8-18(23)19(24)15-17/h3-8,15H,2,9-14H2,1H3,(H2,25,26,27,29). The SMILES string of the molecule is CCc1ccccc1NC(=NCCN1CCOCC1)NC(=O)c1ccc(F)c(F)c1. The molecule has 1 heterocycles. The van der Waals surface area contributed by atoms with Crippen molar-refractivity contribution in [1.82, 2.24) is 10.2 Å². The molecule has 2 N–H and O–H groups in total. The number of carbonyl (C=O) groups excluding carboxylic acids is 1. The number of benzene rings is 2. The lowest BCUT2D eigenvalue weighted by Crippen LogP contribution is -2.39. The summed E-state index contributed by atoms with van der Waals surface area (Å²) in [6, 6.07) is 10.8. The van der Waals surface area contributed by atoms with Gasteiger partial charge in [-0.15, -0.1) is 0 Å². The van der Waals surface area contributed by atoms with E-state index in [9.17, 15) is 13.6 Å². The number of anilines is 1. The molecule has 0 aliphatic carbocycles. The molecule has 1 fully saturated rings. The number of guanidine groups is 1. The minimum absolute atomic E-state index is 0.0142. The Balaban J connectivity index is 1.74. The number of rotatable bonds is 6. The number of ether oxygens (including phenoxy) is 1. The molecule has 0 bridgehead atoms. The van der Waals surface area contributed by atoms with Crippen LogP contribution in [0.1, 0.15) is 22.8 Å². The second-order valence-corrected chi connectivity index (χ2v) is 6.90. The zero-order chi connectivity index (χ0) is 21.3. The highest BCUT2D eigenvalue weighted by atomic mass is 19.2. The van der Waals surface area contributed by atoms with Gasteiger partial charge < -0.3 is 10.1 Å². The van der Waals surface area contributed by atoms with Crippen LogP contribution in [0.5, 0.6) is 0 Å². The number of aryl methyl sites for hydroxylation is 1. The van der Waals surface area contributed by atoms with Gasteiger partial charge in [-0.1, -0.05) is 25.1 Å². The maximum Gasteiger partial charge on any atom is 0.258 e. The van der Waals surface area contributed by atoms with E-state index >= 15 is 0 Å². The van der Waals surface area contributed by atoms with Crippen LogP contribution in [0, 0.1) is 11.6 Å². The first-order chi connectivity index (χ1) is 14.6. The Morgan fingerprint density at radius 2 is 1.90 bits per heavy atom.